The Hall–Kier alpha value is -2.19. The van der Waals surface area contributed by atoms with Gasteiger partial charge in [0.1, 0.15) is 18.0 Å². The molecular formula is C15H19N5O2S. The van der Waals surface area contributed by atoms with Gasteiger partial charge in [-0.1, -0.05) is 6.07 Å². The second-order valence-corrected chi connectivity index (χ2v) is 7.00. The molecule has 1 aromatic carbocycles. The third kappa shape index (κ3) is 3.43. The maximum Gasteiger partial charge on any atom is 0.238 e. The van der Waals surface area contributed by atoms with Gasteiger partial charge in [0.25, 0.3) is 0 Å². The van der Waals surface area contributed by atoms with Crippen LogP contribution in [0.2, 0.25) is 0 Å². The first-order valence-electron chi connectivity index (χ1n) is 7.43. The number of hydrogen-bond donors (Lipinski definition) is 2. The molecule has 1 aliphatic rings. The Bertz CT molecular complexity index is 822. The monoisotopic (exact) mass is 333 g/mol. The number of anilines is 2. The Morgan fingerprint density at radius 2 is 2.09 bits per heavy atom. The molecular weight excluding hydrogens is 314 g/mol. The first kappa shape index (κ1) is 15.7. The SMILES string of the molecule is CCNc1cc(N2CCc3ccc(S(N)(=O)=O)cc3C2)ncn1. The van der Waals surface area contributed by atoms with E-state index >= 15 is 0 Å². The molecule has 122 valence electrons. The predicted octanol–water partition coefficient (Wildman–Crippen LogP) is 1.12. The zero-order valence-corrected chi connectivity index (χ0v) is 13.7. The van der Waals surface area contributed by atoms with Crippen molar-refractivity contribution in [2.75, 3.05) is 23.3 Å². The van der Waals surface area contributed by atoms with Crippen LogP contribution in [0.4, 0.5) is 11.6 Å². The molecule has 0 fully saturated rings. The Morgan fingerprint density at radius 3 is 2.83 bits per heavy atom. The molecule has 1 aliphatic heterocycles. The van der Waals surface area contributed by atoms with E-state index in [4.69, 9.17) is 5.14 Å². The Balaban J connectivity index is 1.88. The number of aromatic nitrogens is 2. The molecule has 3 rings (SSSR count). The smallest absolute Gasteiger partial charge is 0.238 e. The number of nitrogens with two attached hydrogens (primary N) is 1. The molecule has 0 saturated carbocycles. The molecule has 0 saturated heterocycles. The average Bonchev–Trinajstić information content (AvgIpc) is 2.53. The van der Waals surface area contributed by atoms with Crippen molar-refractivity contribution in [3.05, 3.63) is 41.7 Å². The fourth-order valence-electron chi connectivity index (χ4n) is 2.70. The van der Waals surface area contributed by atoms with Gasteiger partial charge < -0.3 is 10.2 Å². The highest BCUT2D eigenvalue weighted by atomic mass is 32.2. The van der Waals surface area contributed by atoms with Crippen LogP contribution in [0.1, 0.15) is 18.1 Å². The maximum absolute atomic E-state index is 11.5. The number of hydrogen-bond acceptors (Lipinski definition) is 6. The van der Waals surface area contributed by atoms with Crippen LogP contribution < -0.4 is 15.4 Å². The molecule has 8 heteroatoms. The molecule has 0 atom stereocenters. The summed E-state index contributed by atoms with van der Waals surface area (Å²) in [5.41, 5.74) is 2.11. The maximum atomic E-state index is 11.5. The molecule has 3 N–H and O–H groups in total. The lowest BCUT2D eigenvalue weighted by Crippen LogP contribution is -2.31. The van der Waals surface area contributed by atoms with Gasteiger partial charge in [0.05, 0.1) is 4.90 Å². The zero-order chi connectivity index (χ0) is 16.4. The lowest BCUT2D eigenvalue weighted by molar-refractivity contribution is 0.597. The number of benzene rings is 1. The Morgan fingerprint density at radius 1 is 1.26 bits per heavy atom. The van der Waals surface area contributed by atoms with Crippen LogP contribution in [0.3, 0.4) is 0 Å². The van der Waals surface area contributed by atoms with Crippen LogP contribution in [-0.4, -0.2) is 31.5 Å². The summed E-state index contributed by atoms with van der Waals surface area (Å²) in [7, 11) is -3.69. The third-order valence-corrected chi connectivity index (χ3v) is 4.76. The first-order chi connectivity index (χ1) is 11.0. The molecule has 1 aromatic heterocycles. The van der Waals surface area contributed by atoms with Gasteiger partial charge in [0.2, 0.25) is 10.0 Å². The summed E-state index contributed by atoms with van der Waals surface area (Å²) in [5.74, 6) is 1.60. The molecule has 0 radical (unpaired) electrons. The fourth-order valence-corrected chi connectivity index (χ4v) is 3.27. The summed E-state index contributed by atoms with van der Waals surface area (Å²) in [6.07, 6.45) is 2.37. The largest absolute Gasteiger partial charge is 0.370 e. The van der Waals surface area contributed by atoms with Crippen LogP contribution in [0, 0.1) is 0 Å². The van der Waals surface area contributed by atoms with E-state index < -0.39 is 10.0 Å². The summed E-state index contributed by atoms with van der Waals surface area (Å²) in [5, 5.41) is 8.38. The van der Waals surface area contributed by atoms with Crippen molar-refractivity contribution in [1.29, 1.82) is 0 Å². The van der Waals surface area contributed by atoms with Gasteiger partial charge in [0.15, 0.2) is 0 Å². The Labute approximate surface area is 135 Å². The van der Waals surface area contributed by atoms with Crippen molar-refractivity contribution in [2.45, 2.75) is 24.8 Å². The number of primary sulfonamides is 1. The molecule has 2 heterocycles. The predicted molar refractivity (Wildman–Crippen MR) is 88.8 cm³/mol. The van der Waals surface area contributed by atoms with E-state index in [0.29, 0.717) is 6.54 Å². The highest BCUT2D eigenvalue weighted by Crippen LogP contribution is 2.25. The third-order valence-electron chi connectivity index (χ3n) is 3.85. The second kappa shape index (κ2) is 6.13. The van der Waals surface area contributed by atoms with Crippen LogP contribution in [0.25, 0.3) is 0 Å². The zero-order valence-electron chi connectivity index (χ0n) is 12.9. The van der Waals surface area contributed by atoms with Crippen molar-refractivity contribution >= 4 is 21.7 Å². The number of fused-ring (bicyclic) bond motifs is 1. The summed E-state index contributed by atoms with van der Waals surface area (Å²) in [4.78, 5) is 10.7. The van der Waals surface area contributed by atoms with Crippen molar-refractivity contribution in [3.63, 3.8) is 0 Å². The van der Waals surface area contributed by atoms with E-state index in [9.17, 15) is 8.42 Å². The number of sulfonamides is 1. The molecule has 0 aliphatic carbocycles. The van der Waals surface area contributed by atoms with E-state index in [2.05, 4.69) is 20.2 Å². The van der Waals surface area contributed by atoms with Gasteiger partial charge in [-0.25, -0.2) is 23.5 Å². The number of rotatable bonds is 4. The van der Waals surface area contributed by atoms with E-state index in [1.807, 2.05) is 19.1 Å². The minimum atomic E-state index is -3.69. The molecule has 0 amide bonds. The lowest BCUT2D eigenvalue weighted by Gasteiger charge is -2.30. The number of nitrogens with zero attached hydrogens (tertiary/aromatic N) is 3. The summed E-state index contributed by atoms with van der Waals surface area (Å²) >= 11 is 0. The average molecular weight is 333 g/mol. The molecule has 7 nitrogen and oxygen atoms in total. The van der Waals surface area contributed by atoms with Gasteiger partial charge in [-0.05, 0) is 36.6 Å². The number of nitrogens with one attached hydrogen (secondary N) is 1. The minimum absolute atomic E-state index is 0.147. The topological polar surface area (TPSA) is 101 Å². The van der Waals surface area contributed by atoms with E-state index in [1.165, 1.54) is 6.33 Å². The fraction of sp³-hybridized carbons (Fsp3) is 0.333. The summed E-state index contributed by atoms with van der Waals surface area (Å²) in [6, 6.07) is 6.97. The van der Waals surface area contributed by atoms with Crippen molar-refractivity contribution in [1.82, 2.24) is 9.97 Å². The van der Waals surface area contributed by atoms with E-state index in [-0.39, 0.29) is 4.90 Å². The highest BCUT2D eigenvalue weighted by molar-refractivity contribution is 7.89. The van der Waals surface area contributed by atoms with Crippen molar-refractivity contribution in [2.24, 2.45) is 5.14 Å². The molecule has 0 spiro atoms. The minimum Gasteiger partial charge on any atom is -0.370 e. The normalized spacial score (nSPS) is 14.4. The van der Waals surface area contributed by atoms with Crippen molar-refractivity contribution < 1.29 is 8.42 Å². The summed E-state index contributed by atoms with van der Waals surface area (Å²) in [6.45, 7) is 4.22. The molecule has 0 bridgehead atoms. The second-order valence-electron chi connectivity index (χ2n) is 5.44. The van der Waals surface area contributed by atoms with Crippen LogP contribution in [0.15, 0.2) is 35.5 Å². The van der Waals surface area contributed by atoms with Gasteiger partial charge in [0, 0.05) is 25.7 Å². The first-order valence-corrected chi connectivity index (χ1v) is 8.97. The molecule has 23 heavy (non-hydrogen) atoms. The van der Waals surface area contributed by atoms with Crippen LogP contribution >= 0.6 is 0 Å². The Kier molecular flexibility index (Phi) is 4.18. The quantitative estimate of drug-likeness (QED) is 0.869. The van der Waals surface area contributed by atoms with Crippen molar-refractivity contribution in [3.8, 4) is 0 Å². The van der Waals surface area contributed by atoms with Gasteiger partial charge >= 0.3 is 0 Å². The molecule has 0 unspecified atom stereocenters. The van der Waals surface area contributed by atoms with Gasteiger partial charge in [-0.15, -0.1) is 0 Å². The van der Waals surface area contributed by atoms with Gasteiger partial charge in [-0.3, -0.25) is 0 Å². The van der Waals surface area contributed by atoms with Gasteiger partial charge in [-0.2, -0.15) is 0 Å². The van der Waals surface area contributed by atoms with Crippen LogP contribution in [-0.2, 0) is 23.0 Å². The van der Waals surface area contributed by atoms with E-state index in [1.54, 1.807) is 12.1 Å². The standard InChI is InChI=1S/C15H19N5O2S/c1-2-17-14-8-15(19-10-18-14)20-6-5-11-3-4-13(23(16,21)22)7-12(11)9-20/h3-4,7-8,10H,2,5-6,9H2,1H3,(H2,16,21,22)(H,17,18,19). The van der Waals surface area contributed by atoms with E-state index in [0.717, 1.165) is 42.3 Å². The highest BCUT2D eigenvalue weighted by Gasteiger charge is 2.20. The summed E-state index contributed by atoms with van der Waals surface area (Å²) < 4.78 is 23.0. The lowest BCUT2D eigenvalue weighted by atomic mass is 10.00. The molecule has 2 aromatic rings. The van der Waals surface area contributed by atoms with Crippen LogP contribution in [0.5, 0.6) is 0 Å².